The molecule has 1 unspecified atom stereocenters. The SMILES string of the molecule is CC1(CO)CCN(CC2(C)CCNC2)CC1. The maximum absolute atomic E-state index is 9.34. The average molecular weight is 226 g/mol. The summed E-state index contributed by atoms with van der Waals surface area (Å²) in [5, 5.41) is 12.8. The molecular formula is C13H26N2O. The standard InChI is InChI=1S/C13H26N2O/c1-12(11-16)4-7-15(8-5-12)10-13(2)3-6-14-9-13/h14,16H,3-11H2,1-2H3. The Morgan fingerprint density at radius 2 is 1.81 bits per heavy atom. The highest BCUT2D eigenvalue weighted by Gasteiger charge is 2.34. The zero-order chi connectivity index (χ0) is 11.6. The minimum atomic E-state index is 0.186. The van der Waals surface area contributed by atoms with Crippen LogP contribution in [0.3, 0.4) is 0 Å². The Labute approximate surface area is 99.2 Å². The van der Waals surface area contributed by atoms with Crippen molar-refractivity contribution in [2.45, 2.75) is 33.1 Å². The molecule has 0 aromatic rings. The molecule has 0 bridgehead atoms. The molecule has 2 aliphatic heterocycles. The molecule has 1 atom stereocenters. The van der Waals surface area contributed by atoms with E-state index >= 15 is 0 Å². The number of nitrogens with zero attached hydrogens (tertiary/aromatic N) is 1. The number of aliphatic hydroxyl groups excluding tert-OH is 1. The summed E-state index contributed by atoms with van der Waals surface area (Å²) in [6.45, 7) is 10.8. The van der Waals surface area contributed by atoms with Crippen molar-refractivity contribution in [3.63, 3.8) is 0 Å². The van der Waals surface area contributed by atoms with Crippen LogP contribution in [0.25, 0.3) is 0 Å². The highest BCUT2D eigenvalue weighted by Crippen LogP contribution is 2.33. The van der Waals surface area contributed by atoms with E-state index in [-0.39, 0.29) is 5.41 Å². The van der Waals surface area contributed by atoms with Crippen LogP contribution in [-0.4, -0.2) is 49.3 Å². The van der Waals surface area contributed by atoms with Crippen LogP contribution in [0.1, 0.15) is 33.1 Å². The molecular weight excluding hydrogens is 200 g/mol. The van der Waals surface area contributed by atoms with Crippen molar-refractivity contribution in [2.75, 3.05) is 39.3 Å². The largest absolute Gasteiger partial charge is 0.396 e. The Hall–Kier alpha value is -0.120. The summed E-state index contributed by atoms with van der Waals surface area (Å²) in [4.78, 5) is 2.59. The molecule has 94 valence electrons. The topological polar surface area (TPSA) is 35.5 Å². The van der Waals surface area contributed by atoms with Crippen LogP contribution in [0.15, 0.2) is 0 Å². The van der Waals surface area contributed by atoms with E-state index in [0.29, 0.717) is 12.0 Å². The van der Waals surface area contributed by atoms with Gasteiger partial charge in [-0.05, 0) is 49.7 Å². The molecule has 2 heterocycles. The van der Waals surface area contributed by atoms with Crippen molar-refractivity contribution < 1.29 is 5.11 Å². The van der Waals surface area contributed by atoms with Crippen molar-refractivity contribution in [1.29, 1.82) is 0 Å². The van der Waals surface area contributed by atoms with Gasteiger partial charge in [0.1, 0.15) is 0 Å². The summed E-state index contributed by atoms with van der Waals surface area (Å²) in [6.07, 6.45) is 3.60. The molecule has 2 N–H and O–H groups in total. The molecule has 0 aromatic carbocycles. The Bertz CT molecular complexity index is 228. The van der Waals surface area contributed by atoms with Crippen LogP contribution in [0.4, 0.5) is 0 Å². The number of nitrogens with one attached hydrogen (secondary N) is 1. The van der Waals surface area contributed by atoms with Gasteiger partial charge >= 0.3 is 0 Å². The maximum atomic E-state index is 9.34. The molecule has 0 aromatic heterocycles. The lowest BCUT2D eigenvalue weighted by Crippen LogP contribution is -2.45. The first-order valence-electron chi connectivity index (χ1n) is 6.59. The third-order valence-corrected chi connectivity index (χ3v) is 4.51. The summed E-state index contributed by atoms with van der Waals surface area (Å²) in [6, 6.07) is 0. The van der Waals surface area contributed by atoms with Crippen molar-refractivity contribution in [3.8, 4) is 0 Å². The highest BCUT2D eigenvalue weighted by atomic mass is 16.3. The number of rotatable bonds is 3. The smallest absolute Gasteiger partial charge is 0.0485 e. The van der Waals surface area contributed by atoms with E-state index in [1.807, 2.05) is 0 Å². The molecule has 3 nitrogen and oxygen atoms in total. The minimum Gasteiger partial charge on any atom is -0.396 e. The highest BCUT2D eigenvalue weighted by molar-refractivity contribution is 4.89. The van der Waals surface area contributed by atoms with Crippen LogP contribution in [0, 0.1) is 10.8 Å². The second-order valence-electron chi connectivity index (χ2n) is 6.48. The van der Waals surface area contributed by atoms with Gasteiger partial charge in [0.15, 0.2) is 0 Å². The van der Waals surface area contributed by atoms with Gasteiger partial charge in [-0.15, -0.1) is 0 Å². The molecule has 0 aliphatic carbocycles. The van der Waals surface area contributed by atoms with Gasteiger partial charge in [0.05, 0.1) is 0 Å². The van der Waals surface area contributed by atoms with Gasteiger partial charge in [0.25, 0.3) is 0 Å². The summed E-state index contributed by atoms with van der Waals surface area (Å²) in [7, 11) is 0. The van der Waals surface area contributed by atoms with Crippen molar-refractivity contribution >= 4 is 0 Å². The molecule has 16 heavy (non-hydrogen) atoms. The number of aliphatic hydroxyl groups is 1. The summed E-state index contributed by atoms with van der Waals surface area (Å²) < 4.78 is 0. The molecule has 2 rings (SSSR count). The molecule has 0 radical (unpaired) electrons. The minimum absolute atomic E-state index is 0.186. The van der Waals surface area contributed by atoms with Gasteiger partial charge in [0.2, 0.25) is 0 Å². The Kier molecular flexibility index (Phi) is 3.57. The first-order chi connectivity index (χ1) is 7.55. The molecule has 3 heteroatoms. The first kappa shape index (κ1) is 12.3. The van der Waals surface area contributed by atoms with Crippen LogP contribution in [-0.2, 0) is 0 Å². The lowest BCUT2D eigenvalue weighted by atomic mass is 9.80. The lowest BCUT2D eigenvalue weighted by Gasteiger charge is -2.41. The van der Waals surface area contributed by atoms with Crippen molar-refractivity contribution in [1.82, 2.24) is 10.2 Å². The fourth-order valence-electron chi connectivity index (χ4n) is 2.95. The normalized spacial score (nSPS) is 35.4. The van der Waals surface area contributed by atoms with Gasteiger partial charge in [-0.1, -0.05) is 13.8 Å². The summed E-state index contributed by atoms with van der Waals surface area (Å²) in [5.74, 6) is 0. The second-order valence-corrected chi connectivity index (χ2v) is 6.48. The molecule has 0 spiro atoms. The van der Waals surface area contributed by atoms with Crippen LogP contribution >= 0.6 is 0 Å². The molecule has 2 fully saturated rings. The number of hydrogen-bond acceptors (Lipinski definition) is 3. The second kappa shape index (κ2) is 4.63. The zero-order valence-corrected chi connectivity index (χ0v) is 10.8. The molecule has 2 aliphatic rings. The van der Waals surface area contributed by atoms with Crippen molar-refractivity contribution in [2.24, 2.45) is 10.8 Å². The van der Waals surface area contributed by atoms with E-state index in [2.05, 4.69) is 24.1 Å². The number of likely N-dealkylation sites (tertiary alicyclic amines) is 1. The average Bonchev–Trinajstić information content (AvgIpc) is 2.69. The fourth-order valence-corrected chi connectivity index (χ4v) is 2.95. The first-order valence-corrected chi connectivity index (χ1v) is 6.59. The third-order valence-electron chi connectivity index (χ3n) is 4.51. The van der Waals surface area contributed by atoms with E-state index in [1.54, 1.807) is 0 Å². The van der Waals surface area contributed by atoms with E-state index in [9.17, 15) is 5.11 Å². The van der Waals surface area contributed by atoms with E-state index in [1.165, 1.54) is 26.1 Å². The van der Waals surface area contributed by atoms with E-state index < -0.39 is 0 Å². The third kappa shape index (κ3) is 2.76. The fraction of sp³-hybridized carbons (Fsp3) is 1.00. The number of piperidine rings is 1. The maximum Gasteiger partial charge on any atom is 0.0485 e. The molecule has 0 saturated carbocycles. The molecule has 0 amide bonds. The zero-order valence-electron chi connectivity index (χ0n) is 10.8. The quantitative estimate of drug-likeness (QED) is 0.756. The Morgan fingerprint density at radius 3 is 2.31 bits per heavy atom. The Balaban J connectivity index is 1.81. The van der Waals surface area contributed by atoms with Gasteiger partial charge < -0.3 is 15.3 Å². The van der Waals surface area contributed by atoms with E-state index in [4.69, 9.17) is 0 Å². The lowest BCUT2D eigenvalue weighted by molar-refractivity contribution is 0.0432. The summed E-state index contributed by atoms with van der Waals surface area (Å²) >= 11 is 0. The monoisotopic (exact) mass is 226 g/mol. The predicted octanol–water partition coefficient (Wildman–Crippen LogP) is 1.08. The van der Waals surface area contributed by atoms with Crippen molar-refractivity contribution in [3.05, 3.63) is 0 Å². The summed E-state index contributed by atoms with van der Waals surface area (Å²) in [5.41, 5.74) is 0.665. The predicted molar refractivity (Wildman–Crippen MR) is 66.5 cm³/mol. The molecule has 2 saturated heterocycles. The number of hydrogen-bond donors (Lipinski definition) is 2. The van der Waals surface area contributed by atoms with Gasteiger partial charge in [0, 0.05) is 19.7 Å². The van der Waals surface area contributed by atoms with E-state index in [0.717, 1.165) is 25.9 Å². The van der Waals surface area contributed by atoms with Gasteiger partial charge in [-0.25, -0.2) is 0 Å². The van der Waals surface area contributed by atoms with Gasteiger partial charge in [-0.3, -0.25) is 0 Å². The van der Waals surface area contributed by atoms with Gasteiger partial charge in [-0.2, -0.15) is 0 Å². The van der Waals surface area contributed by atoms with Crippen LogP contribution < -0.4 is 5.32 Å². The van der Waals surface area contributed by atoms with Crippen LogP contribution in [0.5, 0.6) is 0 Å². The Morgan fingerprint density at radius 1 is 1.12 bits per heavy atom. The van der Waals surface area contributed by atoms with Crippen LogP contribution in [0.2, 0.25) is 0 Å².